The van der Waals surface area contributed by atoms with Gasteiger partial charge in [0.1, 0.15) is 5.75 Å². The Kier molecular flexibility index (Phi) is 8.26. The van der Waals surface area contributed by atoms with Crippen molar-refractivity contribution in [1.82, 2.24) is 10.2 Å². The molecule has 0 spiro atoms. The molecule has 0 fully saturated rings. The van der Waals surface area contributed by atoms with Gasteiger partial charge in [-0.15, -0.1) is 0 Å². The number of carbonyl (C=O) groups is 2. The summed E-state index contributed by atoms with van der Waals surface area (Å²) in [6, 6.07) is 7.29. The van der Waals surface area contributed by atoms with Crippen LogP contribution in [0, 0.1) is 5.92 Å². The normalized spacial score (nSPS) is 12.1. The van der Waals surface area contributed by atoms with Gasteiger partial charge in [0.2, 0.25) is 11.8 Å². The third kappa shape index (κ3) is 7.00. The molecule has 1 aromatic rings. The van der Waals surface area contributed by atoms with Crippen molar-refractivity contribution in [3.8, 4) is 5.75 Å². The highest BCUT2D eigenvalue weighted by atomic mass is 16.5. The summed E-state index contributed by atoms with van der Waals surface area (Å²) in [5.74, 6) is 0.838. The smallest absolute Gasteiger partial charge is 0.238 e. The maximum Gasteiger partial charge on any atom is 0.238 e. The molecule has 0 aromatic heterocycles. The van der Waals surface area contributed by atoms with Crippen LogP contribution in [0.4, 0.5) is 5.69 Å². The zero-order valence-electron chi connectivity index (χ0n) is 15.3. The number of hydrogen-bond donors (Lipinski definition) is 2. The van der Waals surface area contributed by atoms with Crippen LogP contribution in [0.1, 0.15) is 27.7 Å². The Hall–Kier alpha value is -2.08. The summed E-state index contributed by atoms with van der Waals surface area (Å²) in [5, 5.41) is 5.77. The third-order valence-electron chi connectivity index (χ3n) is 3.92. The molecule has 134 valence electrons. The van der Waals surface area contributed by atoms with E-state index in [1.807, 2.05) is 26.0 Å². The SMILES string of the molecule is CCN(CC(=O)Nc1cccc(OC)c1)CC(=O)N[C@@H](C)C(C)C. The number of hydrogen-bond acceptors (Lipinski definition) is 4. The van der Waals surface area contributed by atoms with Gasteiger partial charge in [-0.1, -0.05) is 26.8 Å². The fourth-order valence-corrected chi connectivity index (χ4v) is 2.05. The van der Waals surface area contributed by atoms with E-state index in [4.69, 9.17) is 4.74 Å². The van der Waals surface area contributed by atoms with Gasteiger partial charge in [0.05, 0.1) is 20.2 Å². The Bertz CT molecular complexity index is 546. The lowest BCUT2D eigenvalue weighted by Crippen LogP contribution is -2.44. The highest BCUT2D eigenvalue weighted by Crippen LogP contribution is 2.16. The van der Waals surface area contributed by atoms with E-state index < -0.39 is 0 Å². The molecule has 6 nitrogen and oxygen atoms in total. The van der Waals surface area contributed by atoms with Gasteiger partial charge in [-0.3, -0.25) is 14.5 Å². The molecule has 0 heterocycles. The predicted octanol–water partition coefficient (Wildman–Crippen LogP) is 2.12. The number of anilines is 1. The monoisotopic (exact) mass is 335 g/mol. The summed E-state index contributed by atoms with van der Waals surface area (Å²) in [7, 11) is 1.58. The van der Waals surface area contributed by atoms with Crippen LogP contribution in [0.5, 0.6) is 5.75 Å². The van der Waals surface area contributed by atoms with E-state index in [9.17, 15) is 9.59 Å². The molecular formula is C18H29N3O3. The largest absolute Gasteiger partial charge is 0.497 e. The van der Waals surface area contributed by atoms with Crippen molar-refractivity contribution in [1.29, 1.82) is 0 Å². The molecule has 2 N–H and O–H groups in total. The molecule has 0 aliphatic heterocycles. The molecule has 6 heteroatoms. The van der Waals surface area contributed by atoms with E-state index in [0.717, 1.165) is 0 Å². The molecule has 1 rings (SSSR count). The van der Waals surface area contributed by atoms with Gasteiger partial charge in [-0.05, 0) is 31.5 Å². The molecule has 0 aliphatic rings. The first-order valence-electron chi connectivity index (χ1n) is 8.31. The number of carbonyl (C=O) groups excluding carboxylic acids is 2. The van der Waals surface area contributed by atoms with Crippen LogP contribution in [0.3, 0.4) is 0 Å². The highest BCUT2D eigenvalue weighted by Gasteiger charge is 2.16. The van der Waals surface area contributed by atoms with Crippen LogP contribution < -0.4 is 15.4 Å². The third-order valence-corrected chi connectivity index (χ3v) is 3.92. The summed E-state index contributed by atoms with van der Waals surface area (Å²) < 4.78 is 5.13. The number of rotatable bonds is 9. The van der Waals surface area contributed by atoms with E-state index in [1.165, 1.54) is 0 Å². The average Bonchev–Trinajstić information content (AvgIpc) is 2.53. The molecule has 0 radical (unpaired) electrons. The fourth-order valence-electron chi connectivity index (χ4n) is 2.05. The average molecular weight is 335 g/mol. The maximum absolute atomic E-state index is 12.2. The summed E-state index contributed by atoms with van der Waals surface area (Å²) >= 11 is 0. The zero-order chi connectivity index (χ0) is 18.1. The topological polar surface area (TPSA) is 70.7 Å². The Labute approximate surface area is 144 Å². The number of nitrogens with one attached hydrogen (secondary N) is 2. The van der Waals surface area contributed by atoms with Gasteiger partial charge in [0, 0.05) is 17.8 Å². The zero-order valence-corrected chi connectivity index (χ0v) is 15.3. The first kappa shape index (κ1) is 20.0. The van der Waals surface area contributed by atoms with Gasteiger partial charge in [0.15, 0.2) is 0 Å². The van der Waals surface area contributed by atoms with Crippen molar-refractivity contribution in [2.45, 2.75) is 33.7 Å². The minimum absolute atomic E-state index is 0.0627. The van der Waals surface area contributed by atoms with Gasteiger partial charge in [-0.25, -0.2) is 0 Å². The van der Waals surface area contributed by atoms with E-state index in [1.54, 1.807) is 24.1 Å². The van der Waals surface area contributed by atoms with Crippen LogP contribution in [0.25, 0.3) is 0 Å². The lowest BCUT2D eigenvalue weighted by Gasteiger charge is -2.22. The lowest BCUT2D eigenvalue weighted by molar-refractivity contribution is -0.124. The molecule has 1 aromatic carbocycles. The second kappa shape index (κ2) is 9.93. The Balaban J connectivity index is 2.51. The Morgan fingerprint density at radius 3 is 2.42 bits per heavy atom. The highest BCUT2D eigenvalue weighted by molar-refractivity contribution is 5.92. The van der Waals surface area contributed by atoms with Crippen molar-refractivity contribution in [2.24, 2.45) is 5.92 Å². The first-order chi connectivity index (χ1) is 11.3. The standard InChI is InChI=1S/C18H29N3O3/c1-6-21(11-17(22)19-14(4)13(2)3)12-18(23)20-15-8-7-9-16(10-15)24-5/h7-10,13-14H,6,11-12H2,1-5H3,(H,19,22)(H,20,23)/t14-/m0/s1. The second-order valence-corrected chi connectivity index (χ2v) is 6.18. The summed E-state index contributed by atoms with van der Waals surface area (Å²) in [4.78, 5) is 26.0. The molecule has 0 bridgehead atoms. The molecule has 0 saturated heterocycles. The van der Waals surface area contributed by atoms with Gasteiger partial charge in [0.25, 0.3) is 0 Å². The number of nitrogens with zero attached hydrogens (tertiary/aromatic N) is 1. The second-order valence-electron chi connectivity index (χ2n) is 6.18. The number of amides is 2. The van der Waals surface area contributed by atoms with Crippen LogP contribution in [0.15, 0.2) is 24.3 Å². The van der Waals surface area contributed by atoms with Crippen LogP contribution in [-0.4, -0.2) is 49.5 Å². The van der Waals surface area contributed by atoms with Crippen molar-refractivity contribution < 1.29 is 14.3 Å². The van der Waals surface area contributed by atoms with Crippen molar-refractivity contribution >= 4 is 17.5 Å². The molecule has 2 amide bonds. The van der Waals surface area contributed by atoms with E-state index in [2.05, 4.69) is 24.5 Å². The molecular weight excluding hydrogens is 306 g/mol. The maximum atomic E-state index is 12.2. The minimum Gasteiger partial charge on any atom is -0.497 e. The summed E-state index contributed by atoms with van der Waals surface area (Å²) in [6.07, 6.45) is 0. The lowest BCUT2D eigenvalue weighted by atomic mass is 10.1. The Morgan fingerprint density at radius 2 is 1.83 bits per heavy atom. The first-order valence-corrected chi connectivity index (χ1v) is 8.31. The Morgan fingerprint density at radius 1 is 1.17 bits per heavy atom. The molecule has 0 aliphatic carbocycles. The van der Waals surface area contributed by atoms with Gasteiger partial charge < -0.3 is 15.4 Å². The number of ether oxygens (including phenoxy) is 1. The fraction of sp³-hybridized carbons (Fsp3) is 0.556. The number of benzene rings is 1. The van der Waals surface area contributed by atoms with Crippen LogP contribution >= 0.6 is 0 Å². The quantitative estimate of drug-likeness (QED) is 0.725. The van der Waals surface area contributed by atoms with E-state index >= 15 is 0 Å². The molecule has 0 unspecified atom stereocenters. The van der Waals surface area contributed by atoms with Gasteiger partial charge in [-0.2, -0.15) is 0 Å². The number of methoxy groups -OCH3 is 1. The molecule has 24 heavy (non-hydrogen) atoms. The minimum atomic E-state index is -0.158. The summed E-state index contributed by atoms with van der Waals surface area (Å²) in [6.45, 7) is 9.02. The van der Waals surface area contributed by atoms with Gasteiger partial charge >= 0.3 is 0 Å². The number of likely N-dealkylation sites (N-methyl/N-ethyl adjacent to an activating group) is 1. The van der Waals surface area contributed by atoms with Crippen LogP contribution in [0.2, 0.25) is 0 Å². The predicted molar refractivity (Wildman–Crippen MR) is 96.2 cm³/mol. The summed E-state index contributed by atoms with van der Waals surface area (Å²) in [5.41, 5.74) is 0.674. The van der Waals surface area contributed by atoms with Crippen molar-refractivity contribution in [3.05, 3.63) is 24.3 Å². The van der Waals surface area contributed by atoms with Crippen molar-refractivity contribution in [2.75, 3.05) is 32.1 Å². The van der Waals surface area contributed by atoms with E-state index in [0.29, 0.717) is 23.9 Å². The van der Waals surface area contributed by atoms with Crippen molar-refractivity contribution in [3.63, 3.8) is 0 Å². The molecule has 0 saturated carbocycles. The van der Waals surface area contributed by atoms with E-state index in [-0.39, 0.29) is 30.9 Å². The molecule has 1 atom stereocenters. The van der Waals surface area contributed by atoms with Crippen LogP contribution in [-0.2, 0) is 9.59 Å².